The van der Waals surface area contributed by atoms with Gasteiger partial charge in [0.15, 0.2) is 6.29 Å². The summed E-state index contributed by atoms with van der Waals surface area (Å²) < 4.78 is 21.4. The van der Waals surface area contributed by atoms with Gasteiger partial charge in [-0.2, -0.15) is 0 Å². The summed E-state index contributed by atoms with van der Waals surface area (Å²) in [6.45, 7) is 10.8. The third-order valence-electron chi connectivity index (χ3n) is 1.64. The van der Waals surface area contributed by atoms with E-state index >= 15 is 0 Å². The maximum absolute atomic E-state index is 5.38. The molecule has 4 nitrogen and oxygen atoms in total. The summed E-state index contributed by atoms with van der Waals surface area (Å²) in [4.78, 5) is 0. The maximum Gasteiger partial charge on any atom is 0.180 e. The van der Waals surface area contributed by atoms with Crippen molar-refractivity contribution in [2.45, 2.75) is 40.1 Å². The third kappa shape index (κ3) is 10.1. The first kappa shape index (κ1) is 14.8. The molecule has 0 fully saturated rings. The highest BCUT2D eigenvalue weighted by atomic mass is 16.7. The number of hydrogen-bond acceptors (Lipinski definition) is 4. The van der Waals surface area contributed by atoms with Crippen LogP contribution in [0.1, 0.15) is 27.7 Å². The highest BCUT2D eigenvalue weighted by Crippen LogP contribution is 1.96. The normalized spacial score (nSPS) is 11.6. The lowest BCUT2D eigenvalue weighted by atomic mass is 10.5. The molecule has 15 heavy (non-hydrogen) atoms. The maximum atomic E-state index is 5.38. The second-order valence-corrected chi connectivity index (χ2v) is 3.33. The van der Waals surface area contributed by atoms with Gasteiger partial charge in [-0.05, 0) is 27.7 Å². The van der Waals surface area contributed by atoms with E-state index in [1.54, 1.807) is 0 Å². The Labute approximate surface area is 92.8 Å². The van der Waals surface area contributed by atoms with E-state index in [1.807, 2.05) is 27.7 Å². The van der Waals surface area contributed by atoms with Crippen LogP contribution in [0.5, 0.6) is 0 Å². The molecule has 0 aromatic heterocycles. The fourth-order valence-electron chi connectivity index (χ4n) is 1.04. The molecule has 0 aliphatic carbocycles. The fraction of sp³-hybridized carbons (Fsp3) is 1.00. The van der Waals surface area contributed by atoms with E-state index < -0.39 is 0 Å². The molecule has 0 heterocycles. The zero-order valence-corrected chi connectivity index (χ0v) is 10.3. The van der Waals surface area contributed by atoms with Crippen LogP contribution >= 0.6 is 0 Å². The van der Waals surface area contributed by atoms with Gasteiger partial charge in [0.1, 0.15) is 0 Å². The van der Waals surface area contributed by atoms with Crippen molar-refractivity contribution in [2.24, 2.45) is 0 Å². The lowest BCUT2D eigenvalue weighted by molar-refractivity contribution is -0.169. The highest BCUT2D eigenvalue weighted by Gasteiger charge is 2.07. The topological polar surface area (TPSA) is 36.9 Å². The number of ether oxygens (including phenoxy) is 4. The van der Waals surface area contributed by atoms with Crippen molar-refractivity contribution in [3.05, 3.63) is 0 Å². The van der Waals surface area contributed by atoms with Gasteiger partial charge in [0.05, 0.1) is 25.9 Å². The van der Waals surface area contributed by atoms with Crippen molar-refractivity contribution in [1.29, 1.82) is 0 Å². The predicted molar refractivity (Wildman–Crippen MR) is 58.9 cm³/mol. The van der Waals surface area contributed by atoms with Crippen molar-refractivity contribution in [2.75, 3.05) is 33.0 Å². The first-order valence-electron chi connectivity index (χ1n) is 5.63. The molecule has 0 unspecified atom stereocenters. The zero-order chi connectivity index (χ0) is 11.5. The molecular weight excluding hydrogens is 196 g/mol. The molecule has 0 aliphatic heterocycles. The SMILES string of the molecule is CCOC(COCCOC(C)C)OCC. The van der Waals surface area contributed by atoms with Gasteiger partial charge in [-0.3, -0.25) is 0 Å². The number of hydrogen-bond donors (Lipinski definition) is 0. The predicted octanol–water partition coefficient (Wildman–Crippen LogP) is 1.83. The minimum atomic E-state index is -0.251. The molecule has 4 heteroatoms. The van der Waals surface area contributed by atoms with Crippen molar-refractivity contribution in [3.63, 3.8) is 0 Å². The summed E-state index contributed by atoms with van der Waals surface area (Å²) in [7, 11) is 0. The molecule has 0 rings (SSSR count). The van der Waals surface area contributed by atoms with E-state index in [4.69, 9.17) is 18.9 Å². The molecule has 0 N–H and O–H groups in total. The van der Waals surface area contributed by atoms with Crippen molar-refractivity contribution >= 4 is 0 Å². The first-order chi connectivity index (χ1) is 7.20. The van der Waals surface area contributed by atoms with Gasteiger partial charge in [0, 0.05) is 13.2 Å². The van der Waals surface area contributed by atoms with Crippen molar-refractivity contribution in [3.8, 4) is 0 Å². The monoisotopic (exact) mass is 220 g/mol. The van der Waals surface area contributed by atoms with Crippen LogP contribution in [0.25, 0.3) is 0 Å². The average Bonchev–Trinajstić information content (AvgIpc) is 2.17. The minimum Gasteiger partial charge on any atom is -0.376 e. The molecule has 92 valence electrons. The van der Waals surface area contributed by atoms with Crippen LogP contribution in [0.2, 0.25) is 0 Å². The van der Waals surface area contributed by atoms with Crippen LogP contribution in [0.3, 0.4) is 0 Å². The molecule has 0 amide bonds. The van der Waals surface area contributed by atoms with Gasteiger partial charge in [0.25, 0.3) is 0 Å². The van der Waals surface area contributed by atoms with E-state index in [1.165, 1.54) is 0 Å². The molecule has 0 aliphatic rings. The van der Waals surface area contributed by atoms with Crippen LogP contribution in [-0.4, -0.2) is 45.4 Å². The Bertz CT molecular complexity index is 122. The molecule has 0 spiro atoms. The summed E-state index contributed by atoms with van der Waals surface area (Å²) in [5.41, 5.74) is 0. The van der Waals surface area contributed by atoms with Gasteiger partial charge in [-0.25, -0.2) is 0 Å². The highest BCUT2D eigenvalue weighted by molar-refractivity contribution is 4.42. The Morgan fingerprint density at radius 3 is 1.93 bits per heavy atom. The molecular formula is C11H24O4. The number of rotatable bonds is 10. The molecule has 0 aromatic carbocycles. The molecule has 0 aromatic rings. The third-order valence-corrected chi connectivity index (χ3v) is 1.64. The Morgan fingerprint density at radius 1 is 0.867 bits per heavy atom. The average molecular weight is 220 g/mol. The Balaban J connectivity index is 3.36. The first-order valence-corrected chi connectivity index (χ1v) is 5.63. The fourth-order valence-corrected chi connectivity index (χ4v) is 1.04. The van der Waals surface area contributed by atoms with Crippen LogP contribution < -0.4 is 0 Å². The van der Waals surface area contributed by atoms with Crippen molar-refractivity contribution in [1.82, 2.24) is 0 Å². The van der Waals surface area contributed by atoms with E-state index in [-0.39, 0.29) is 12.4 Å². The summed E-state index contributed by atoms with van der Waals surface area (Å²) in [5.74, 6) is 0. The lowest BCUT2D eigenvalue weighted by Gasteiger charge is -2.17. The van der Waals surface area contributed by atoms with Gasteiger partial charge in [-0.1, -0.05) is 0 Å². The van der Waals surface area contributed by atoms with Gasteiger partial charge in [-0.15, -0.1) is 0 Å². The van der Waals surface area contributed by atoms with E-state index in [2.05, 4.69) is 0 Å². The molecule has 0 bridgehead atoms. The van der Waals surface area contributed by atoms with E-state index in [0.717, 1.165) is 0 Å². The van der Waals surface area contributed by atoms with Gasteiger partial charge < -0.3 is 18.9 Å². The molecule has 0 atom stereocenters. The lowest BCUT2D eigenvalue weighted by Crippen LogP contribution is -2.24. The quantitative estimate of drug-likeness (QED) is 0.416. The molecule has 0 saturated carbocycles. The zero-order valence-electron chi connectivity index (χ0n) is 10.3. The van der Waals surface area contributed by atoms with Crippen LogP contribution in [0.4, 0.5) is 0 Å². The van der Waals surface area contributed by atoms with Crippen LogP contribution in [-0.2, 0) is 18.9 Å². The summed E-state index contributed by atoms with van der Waals surface area (Å²) in [6, 6.07) is 0. The van der Waals surface area contributed by atoms with E-state index in [0.29, 0.717) is 33.0 Å². The second kappa shape index (κ2) is 10.4. The largest absolute Gasteiger partial charge is 0.376 e. The van der Waals surface area contributed by atoms with Crippen LogP contribution in [0, 0.1) is 0 Å². The summed E-state index contributed by atoms with van der Waals surface area (Å²) >= 11 is 0. The Morgan fingerprint density at radius 2 is 1.47 bits per heavy atom. The van der Waals surface area contributed by atoms with Gasteiger partial charge in [0.2, 0.25) is 0 Å². The smallest absolute Gasteiger partial charge is 0.180 e. The Hall–Kier alpha value is -0.160. The Kier molecular flexibility index (Phi) is 10.3. The van der Waals surface area contributed by atoms with Crippen molar-refractivity contribution < 1.29 is 18.9 Å². The second-order valence-electron chi connectivity index (χ2n) is 3.33. The molecule has 0 saturated heterocycles. The van der Waals surface area contributed by atoms with Crippen LogP contribution in [0.15, 0.2) is 0 Å². The van der Waals surface area contributed by atoms with Gasteiger partial charge >= 0.3 is 0 Å². The summed E-state index contributed by atoms with van der Waals surface area (Å²) in [5, 5.41) is 0. The minimum absolute atomic E-state index is 0.251. The van der Waals surface area contributed by atoms with E-state index in [9.17, 15) is 0 Å². The molecule has 0 radical (unpaired) electrons. The standard InChI is InChI=1S/C11H24O4/c1-5-13-11(14-6-2)9-12-7-8-15-10(3)4/h10-11H,5-9H2,1-4H3. The summed E-state index contributed by atoms with van der Waals surface area (Å²) in [6.07, 6.45) is 0.00207.